The van der Waals surface area contributed by atoms with Crippen molar-refractivity contribution in [1.29, 1.82) is 0 Å². The maximum atomic E-state index is 5.74. The van der Waals surface area contributed by atoms with Gasteiger partial charge in [-0.3, -0.25) is 0 Å². The van der Waals surface area contributed by atoms with Crippen molar-refractivity contribution < 1.29 is 4.52 Å². The van der Waals surface area contributed by atoms with E-state index in [0.717, 1.165) is 21.2 Å². The summed E-state index contributed by atoms with van der Waals surface area (Å²) in [7, 11) is 0. The van der Waals surface area contributed by atoms with Crippen LogP contribution in [0, 0.1) is 0 Å². The van der Waals surface area contributed by atoms with E-state index in [9.17, 15) is 0 Å². The maximum Gasteiger partial charge on any atom is 0.231 e. The molecule has 0 saturated heterocycles. The van der Waals surface area contributed by atoms with Gasteiger partial charge in [0.15, 0.2) is 0 Å². The van der Waals surface area contributed by atoms with Gasteiger partial charge < -0.3 is 10.3 Å². The minimum absolute atomic E-state index is 0.504. The van der Waals surface area contributed by atoms with Gasteiger partial charge in [-0.2, -0.15) is 4.98 Å². The summed E-state index contributed by atoms with van der Waals surface area (Å²) in [6, 6.07) is 15.8. The van der Waals surface area contributed by atoms with E-state index in [1.165, 1.54) is 0 Å². The van der Waals surface area contributed by atoms with Crippen LogP contribution in [0.3, 0.4) is 0 Å². The van der Waals surface area contributed by atoms with Crippen LogP contribution in [-0.4, -0.2) is 10.1 Å². The molecule has 3 rings (SSSR count). The van der Waals surface area contributed by atoms with Crippen molar-refractivity contribution in [2.45, 2.75) is 13.0 Å². The minimum Gasteiger partial charge on any atom is -0.339 e. The molecule has 2 aromatic carbocycles. The average molecular weight is 344 g/mol. The highest BCUT2D eigenvalue weighted by Gasteiger charge is 2.10. The highest BCUT2D eigenvalue weighted by atomic mass is 79.9. The molecule has 106 valence electrons. The molecule has 5 heteroatoms. The molecule has 0 saturated carbocycles. The van der Waals surface area contributed by atoms with Gasteiger partial charge in [0.1, 0.15) is 0 Å². The lowest BCUT2D eigenvalue weighted by Crippen LogP contribution is -2.02. The van der Waals surface area contributed by atoms with Crippen molar-refractivity contribution >= 4 is 15.9 Å². The maximum absolute atomic E-state index is 5.74. The molecular formula is C16H14BrN3O. The van der Waals surface area contributed by atoms with E-state index in [0.29, 0.717) is 24.7 Å². The van der Waals surface area contributed by atoms with Gasteiger partial charge in [0.05, 0.1) is 6.42 Å². The number of benzene rings is 2. The van der Waals surface area contributed by atoms with E-state index >= 15 is 0 Å². The molecule has 0 spiro atoms. The first-order chi connectivity index (χ1) is 10.3. The molecular weight excluding hydrogens is 330 g/mol. The fourth-order valence-corrected chi connectivity index (χ4v) is 2.40. The Morgan fingerprint density at radius 3 is 2.43 bits per heavy atom. The Morgan fingerprint density at radius 2 is 1.71 bits per heavy atom. The number of hydrogen-bond acceptors (Lipinski definition) is 4. The number of rotatable bonds is 4. The van der Waals surface area contributed by atoms with Crippen molar-refractivity contribution in [1.82, 2.24) is 10.1 Å². The Bertz CT molecular complexity index is 737. The highest BCUT2D eigenvalue weighted by Crippen LogP contribution is 2.20. The second kappa shape index (κ2) is 6.20. The predicted octanol–water partition coefficient (Wildman–Crippen LogP) is 3.55. The molecule has 21 heavy (non-hydrogen) atoms. The molecule has 2 N–H and O–H groups in total. The van der Waals surface area contributed by atoms with Crippen LogP contribution in [0.1, 0.15) is 17.0 Å². The Balaban J connectivity index is 1.83. The third kappa shape index (κ3) is 3.20. The second-order valence-corrected chi connectivity index (χ2v) is 5.58. The Kier molecular flexibility index (Phi) is 4.13. The van der Waals surface area contributed by atoms with Crippen LogP contribution in [0.4, 0.5) is 0 Å². The van der Waals surface area contributed by atoms with Gasteiger partial charge in [0, 0.05) is 16.6 Å². The molecule has 0 aliphatic heterocycles. The molecule has 0 unspecified atom stereocenters. The van der Waals surface area contributed by atoms with Gasteiger partial charge in [0.2, 0.25) is 11.7 Å². The van der Waals surface area contributed by atoms with E-state index < -0.39 is 0 Å². The van der Waals surface area contributed by atoms with Crippen molar-refractivity contribution in [3.05, 3.63) is 70.0 Å². The van der Waals surface area contributed by atoms with Crippen LogP contribution < -0.4 is 5.73 Å². The monoisotopic (exact) mass is 343 g/mol. The largest absolute Gasteiger partial charge is 0.339 e. The van der Waals surface area contributed by atoms with Gasteiger partial charge in [0.25, 0.3) is 0 Å². The lowest BCUT2D eigenvalue weighted by Gasteiger charge is -2.03. The molecule has 4 nitrogen and oxygen atoms in total. The Labute approximate surface area is 131 Å². The molecule has 0 aliphatic carbocycles. The van der Waals surface area contributed by atoms with Gasteiger partial charge >= 0.3 is 0 Å². The fourth-order valence-electron chi connectivity index (χ4n) is 2.13. The Hall–Kier alpha value is -1.98. The average Bonchev–Trinajstić information content (AvgIpc) is 2.97. The van der Waals surface area contributed by atoms with Gasteiger partial charge in [-0.25, -0.2) is 0 Å². The van der Waals surface area contributed by atoms with E-state index in [2.05, 4.69) is 26.1 Å². The molecule has 0 atom stereocenters. The summed E-state index contributed by atoms with van der Waals surface area (Å²) in [4.78, 5) is 4.45. The number of hydrogen-bond donors (Lipinski definition) is 1. The molecule has 0 bridgehead atoms. The quantitative estimate of drug-likeness (QED) is 0.786. The van der Waals surface area contributed by atoms with Gasteiger partial charge in [-0.05, 0) is 35.4 Å². The minimum atomic E-state index is 0.504. The zero-order chi connectivity index (χ0) is 14.7. The number of nitrogens with two attached hydrogens (primary N) is 1. The van der Waals surface area contributed by atoms with E-state index in [4.69, 9.17) is 10.3 Å². The summed E-state index contributed by atoms with van der Waals surface area (Å²) in [5.41, 5.74) is 8.89. The van der Waals surface area contributed by atoms with Crippen LogP contribution in [0.15, 0.2) is 57.5 Å². The molecule has 3 aromatic rings. The zero-order valence-corrected chi connectivity index (χ0v) is 12.9. The van der Waals surface area contributed by atoms with Crippen LogP contribution in [0.2, 0.25) is 0 Å². The van der Waals surface area contributed by atoms with Crippen molar-refractivity contribution in [2.24, 2.45) is 5.73 Å². The zero-order valence-electron chi connectivity index (χ0n) is 11.3. The molecule has 0 aliphatic rings. The summed E-state index contributed by atoms with van der Waals surface area (Å²) in [5.74, 6) is 1.19. The molecule has 1 aromatic heterocycles. The number of halogens is 1. The second-order valence-electron chi connectivity index (χ2n) is 4.67. The summed E-state index contributed by atoms with van der Waals surface area (Å²) >= 11 is 3.41. The smallest absolute Gasteiger partial charge is 0.231 e. The van der Waals surface area contributed by atoms with E-state index in [1.807, 2.05) is 48.5 Å². The van der Waals surface area contributed by atoms with E-state index in [-0.39, 0.29) is 0 Å². The van der Waals surface area contributed by atoms with Crippen LogP contribution >= 0.6 is 15.9 Å². The topological polar surface area (TPSA) is 64.9 Å². The first kappa shape index (κ1) is 14.0. The lowest BCUT2D eigenvalue weighted by molar-refractivity contribution is 0.385. The lowest BCUT2D eigenvalue weighted by atomic mass is 10.0. The molecule has 0 amide bonds. The predicted molar refractivity (Wildman–Crippen MR) is 84.6 cm³/mol. The van der Waals surface area contributed by atoms with Gasteiger partial charge in [-0.1, -0.05) is 45.4 Å². The summed E-state index contributed by atoms with van der Waals surface area (Å²) < 4.78 is 6.36. The first-order valence-corrected chi connectivity index (χ1v) is 7.41. The number of aromatic nitrogens is 2. The normalized spacial score (nSPS) is 10.8. The van der Waals surface area contributed by atoms with E-state index in [1.54, 1.807) is 0 Å². The molecule has 1 heterocycles. The summed E-state index contributed by atoms with van der Waals surface area (Å²) in [6.07, 6.45) is 0.594. The fraction of sp³-hybridized carbons (Fsp3) is 0.125. The van der Waals surface area contributed by atoms with Gasteiger partial charge in [-0.15, -0.1) is 0 Å². The van der Waals surface area contributed by atoms with Crippen LogP contribution in [0.25, 0.3) is 11.4 Å². The van der Waals surface area contributed by atoms with Crippen LogP contribution in [0.5, 0.6) is 0 Å². The third-order valence-electron chi connectivity index (χ3n) is 3.25. The van der Waals surface area contributed by atoms with Crippen molar-refractivity contribution in [2.75, 3.05) is 0 Å². The van der Waals surface area contributed by atoms with Crippen molar-refractivity contribution in [3.63, 3.8) is 0 Å². The summed E-state index contributed by atoms with van der Waals surface area (Å²) in [5, 5.41) is 4.04. The first-order valence-electron chi connectivity index (χ1n) is 6.61. The summed E-state index contributed by atoms with van der Waals surface area (Å²) in [6.45, 7) is 0.504. The molecule has 0 radical (unpaired) electrons. The third-order valence-corrected chi connectivity index (χ3v) is 3.78. The highest BCUT2D eigenvalue weighted by molar-refractivity contribution is 9.10. The number of nitrogens with zero attached hydrogens (tertiary/aromatic N) is 2. The molecule has 0 fully saturated rings. The standard InChI is InChI=1S/C16H14BrN3O/c17-14-7-5-11(6-8-14)16-19-15(21-20-16)9-12-3-1-2-4-13(12)10-18/h1-8H,9-10,18H2. The SMILES string of the molecule is NCc1ccccc1Cc1nc(-c2ccc(Br)cc2)no1. The Morgan fingerprint density at radius 1 is 1.00 bits per heavy atom. The van der Waals surface area contributed by atoms with Crippen molar-refractivity contribution in [3.8, 4) is 11.4 Å². The van der Waals surface area contributed by atoms with Crippen LogP contribution in [-0.2, 0) is 13.0 Å².